The molecule has 2 rings (SSSR count). The molecule has 0 aliphatic carbocycles. The van der Waals surface area contributed by atoms with Gasteiger partial charge in [0.15, 0.2) is 5.96 Å². The van der Waals surface area contributed by atoms with Crippen molar-refractivity contribution in [2.45, 2.75) is 19.4 Å². The van der Waals surface area contributed by atoms with E-state index in [1.165, 1.54) is 0 Å². The summed E-state index contributed by atoms with van der Waals surface area (Å²) in [5.74, 6) is 2.26. The molecule has 2 unspecified atom stereocenters. The van der Waals surface area contributed by atoms with Gasteiger partial charge in [-0.15, -0.1) is 24.0 Å². The zero-order valence-corrected chi connectivity index (χ0v) is 19.4. The number of nitrogens with zero attached hydrogens (tertiary/aromatic N) is 2. The molecule has 0 saturated carbocycles. The number of likely N-dealkylation sites (tertiary alicyclic amines) is 1. The maximum atomic E-state index is 5.90. The van der Waals surface area contributed by atoms with E-state index in [1.807, 2.05) is 38.2 Å². The van der Waals surface area contributed by atoms with E-state index in [0.717, 1.165) is 37.8 Å². The third kappa shape index (κ3) is 8.85. The van der Waals surface area contributed by atoms with Crippen molar-refractivity contribution < 1.29 is 14.2 Å². The smallest absolute Gasteiger partial charge is 0.193 e. The van der Waals surface area contributed by atoms with E-state index in [0.29, 0.717) is 30.7 Å². The van der Waals surface area contributed by atoms with Crippen molar-refractivity contribution in [2.24, 2.45) is 10.9 Å². The number of benzene rings is 1. The summed E-state index contributed by atoms with van der Waals surface area (Å²) < 4.78 is 16.6. The van der Waals surface area contributed by atoms with Crippen LogP contribution in [0.3, 0.4) is 0 Å². The Hall–Kier alpha value is -0.770. The first-order valence-corrected chi connectivity index (χ1v) is 9.44. The number of methoxy groups -OCH3 is 1. The lowest BCUT2D eigenvalue weighted by molar-refractivity contribution is 0.0536. The number of hydrogen-bond acceptors (Lipinski definition) is 4. The van der Waals surface area contributed by atoms with Crippen molar-refractivity contribution in [3.05, 3.63) is 29.3 Å². The highest BCUT2D eigenvalue weighted by Gasteiger charge is 2.25. The second-order valence-electron chi connectivity index (χ2n) is 6.48. The molecule has 1 aliphatic heterocycles. The minimum atomic E-state index is 0. The SMILES string of the molecule is CN=C(NCC(C)Oc1ccc(Cl)cc1)N1CCC(COCCOC)C1.I. The van der Waals surface area contributed by atoms with Crippen LogP contribution in [0.4, 0.5) is 0 Å². The van der Waals surface area contributed by atoms with E-state index in [1.54, 1.807) is 7.11 Å². The Morgan fingerprint density at radius 3 is 2.74 bits per heavy atom. The second-order valence-corrected chi connectivity index (χ2v) is 6.92. The molecule has 0 radical (unpaired) electrons. The van der Waals surface area contributed by atoms with Gasteiger partial charge in [-0.05, 0) is 37.6 Å². The number of nitrogens with one attached hydrogen (secondary N) is 1. The molecule has 154 valence electrons. The average Bonchev–Trinajstić information content (AvgIpc) is 3.10. The molecule has 1 aromatic carbocycles. The van der Waals surface area contributed by atoms with Crippen LogP contribution in [-0.4, -0.2) is 70.6 Å². The van der Waals surface area contributed by atoms with Crippen molar-refractivity contribution in [3.63, 3.8) is 0 Å². The molecule has 27 heavy (non-hydrogen) atoms. The summed E-state index contributed by atoms with van der Waals surface area (Å²) in [6, 6.07) is 7.41. The Labute approximate surface area is 184 Å². The Kier molecular flexibility index (Phi) is 12.1. The maximum Gasteiger partial charge on any atom is 0.193 e. The first kappa shape index (κ1) is 24.3. The van der Waals surface area contributed by atoms with Crippen molar-refractivity contribution in [2.75, 3.05) is 53.6 Å². The normalized spacial score (nSPS) is 18.1. The monoisotopic (exact) mass is 511 g/mol. The summed E-state index contributed by atoms with van der Waals surface area (Å²) in [5.41, 5.74) is 0. The minimum absolute atomic E-state index is 0. The molecule has 0 amide bonds. The van der Waals surface area contributed by atoms with E-state index in [2.05, 4.69) is 15.2 Å². The van der Waals surface area contributed by atoms with Crippen LogP contribution in [0.5, 0.6) is 5.75 Å². The van der Waals surface area contributed by atoms with Crippen molar-refractivity contribution in [1.29, 1.82) is 0 Å². The summed E-state index contributed by atoms with van der Waals surface area (Å²) in [5, 5.41) is 4.11. The van der Waals surface area contributed by atoms with Crippen LogP contribution in [0.2, 0.25) is 5.02 Å². The van der Waals surface area contributed by atoms with Gasteiger partial charge in [-0.2, -0.15) is 0 Å². The quantitative estimate of drug-likeness (QED) is 0.239. The summed E-state index contributed by atoms with van der Waals surface area (Å²) in [6.45, 7) is 6.73. The largest absolute Gasteiger partial charge is 0.489 e. The maximum absolute atomic E-state index is 5.90. The van der Waals surface area contributed by atoms with Gasteiger partial charge in [-0.1, -0.05) is 11.6 Å². The number of halogens is 2. The molecule has 1 aliphatic rings. The molecular weight excluding hydrogens is 481 g/mol. The van der Waals surface area contributed by atoms with Crippen LogP contribution >= 0.6 is 35.6 Å². The van der Waals surface area contributed by atoms with Crippen LogP contribution in [0.25, 0.3) is 0 Å². The lowest BCUT2D eigenvalue weighted by atomic mass is 10.1. The first-order valence-electron chi connectivity index (χ1n) is 9.07. The molecule has 2 atom stereocenters. The minimum Gasteiger partial charge on any atom is -0.489 e. The number of rotatable bonds is 9. The molecule has 8 heteroatoms. The molecule has 1 aromatic rings. The van der Waals surface area contributed by atoms with Gasteiger partial charge in [0, 0.05) is 38.2 Å². The molecule has 0 bridgehead atoms. The Bertz CT molecular complexity index is 560. The van der Waals surface area contributed by atoms with E-state index in [4.69, 9.17) is 25.8 Å². The summed E-state index contributed by atoms with van der Waals surface area (Å²) in [7, 11) is 3.50. The zero-order chi connectivity index (χ0) is 18.8. The molecule has 6 nitrogen and oxygen atoms in total. The predicted octanol–water partition coefficient (Wildman–Crippen LogP) is 3.29. The fourth-order valence-corrected chi connectivity index (χ4v) is 3.03. The van der Waals surface area contributed by atoms with Crippen molar-refractivity contribution in [1.82, 2.24) is 10.2 Å². The van der Waals surface area contributed by atoms with Gasteiger partial charge in [-0.3, -0.25) is 4.99 Å². The van der Waals surface area contributed by atoms with Crippen LogP contribution < -0.4 is 10.1 Å². The van der Waals surface area contributed by atoms with E-state index in [9.17, 15) is 0 Å². The fraction of sp³-hybridized carbons (Fsp3) is 0.632. The second kappa shape index (κ2) is 13.4. The number of hydrogen-bond donors (Lipinski definition) is 1. The lowest BCUT2D eigenvalue weighted by Gasteiger charge is -2.23. The zero-order valence-electron chi connectivity index (χ0n) is 16.3. The molecule has 1 saturated heterocycles. The molecule has 1 fully saturated rings. The molecular formula is C19H31ClIN3O3. The summed E-state index contributed by atoms with van der Waals surface area (Å²) in [4.78, 5) is 6.68. The Morgan fingerprint density at radius 2 is 2.07 bits per heavy atom. The Balaban J connectivity index is 0.00000364. The van der Waals surface area contributed by atoms with Gasteiger partial charge in [0.25, 0.3) is 0 Å². The van der Waals surface area contributed by atoms with Gasteiger partial charge in [0.2, 0.25) is 0 Å². The highest BCUT2D eigenvalue weighted by atomic mass is 127. The fourth-order valence-electron chi connectivity index (χ4n) is 2.91. The lowest BCUT2D eigenvalue weighted by Crippen LogP contribution is -2.43. The van der Waals surface area contributed by atoms with Crippen molar-refractivity contribution in [3.8, 4) is 5.75 Å². The highest BCUT2D eigenvalue weighted by molar-refractivity contribution is 14.0. The Morgan fingerprint density at radius 1 is 1.33 bits per heavy atom. The van der Waals surface area contributed by atoms with E-state index in [-0.39, 0.29) is 30.1 Å². The van der Waals surface area contributed by atoms with Gasteiger partial charge >= 0.3 is 0 Å². The van der Waals surface area contributed by atoms with Gasteiger partial charge in [0.1, 0.15) is 11.9 Å². The van der Waals surface area contributed by atoms with Crippen LogP contribution in [0, 0.1) is 5.92 Å². The standard InChI is InChI=1S/C19H30ClN3O3.HI/c1-15(26-18-6-4-17(20)5-7-18)12-22-19(21-2)23-9-8-16(13-23)14-25-11-10-24-3;/h4-7,15-16H,8-14H2,1-3H3,(H,21,22);1H. The topological polar surface area (TPSA) is 55.3 Å². The third-order valence-corrected chi connectivity index (χ3v) is 4.53. The van der Waals surface area contributed by atoms with Crippen molar-refractivity contribution >= 4 is 41.5 Å². The van der Waals surface area contributed by atoms with E-state index >= 15 is 0 Å². The molecule has 0 spiro atoms. The molecule has 1 heterocycles. The summed E-state index contributed by atoms with van der Waals surface area (Å²) >= 11 is 5.90. The van der Waals surface area contributed by atoms with Crippen LogP contribution in [-0.2, 0) is 9.47 Å². The van der Waals surface area contributed by atoms with Crippen LogP contribution in [0.15, 0.2) is 29.3 Å². The highest BCUT2D eigenvalue weighted by Crippen LogP contribution is 2.18. The summed E-state index contributed by atoms with van der Waals surface area (Å²) in [6.07, 6.45) is 1.13. The van der Waals surface area contributed by atoms with Crippen LogP contribution in [0.1, 0.15) is 13.3 Å². The predicted molar refractivity (Wildman–Crippen MR) is 121 cm³/mol. The molecule has 1 N–H and O–H groups in total. The van der Waals surface area contributed by atoms with E-state index < -0.39 is 0 Å². The number of ether oxygens (including phenoxy) is 3. The average molecular weight is 512 g/mol. The number of aliphatic imine (C=N–C) groups is 1. The first-order chi connectivity index (χ1) is 12.6. The third-order valence-electron chi connectivity index (χ3n) is 4.28. The molecule has 0 aromatic heterocycles. The number of guanidine groups is 1. The van der Waals surface area contributed by atoms with Gasteiger partial charge in [0.05, 0.1) is 26.4 Å². The van der Waals surface area contributed by atoms with Gasteiger partial charge in [-0.25, -0.2) is 0 Å². The van der Waals surface area contributed by atoms with Gasteiger partial charge < -0.3 is 24.4 Å².